The first-order valence-corrected chi connectivity index (χ1v) is 8.03. The van der Waals surface area contributed by atoms with E-state index in [1.165, 1.54) is 0 Å². The first kappa shape index (κ1) is 16.6. The molecule has 5 nitrogen and oxygen atoms in total. The van der Waals surface area contributed by atoms with Crippen molar-refractivity contribution in [1.29, 1.82) is 0 Å². The van der Waals surface area contributed by atoms with Gasteiger partial charge in [0, 0.05) is 50.8 Å². The van der Waals surface area contributed by atoms with E-state index < -0.39 is 5.60 Å². The molecule has 0 aromatic carbocycles. The van der Waals surface area contributed by atoms with Gasteiger partial charge in [0.25, 0.3) is 0 Å². The van der Waals surface area contributed by atoms with Crippen molar-refractivity contribution in [2.24, 2.45) is 0 Å². The topological polar surface area (TPSA) is 36.0 Å². The van der Waals surface area contributed by atoms with E-state index in [0.717, 1.165) is 39.3 Å². The van der Waals surface area contributed by atoms with Gasteiger partial charge >= 0.3 is 6.09 Å². The van der Waals surface area contributed by atoms with Gasteiger partial charge in [0.15, 0.2) is 0 Å². The number of hydrogen-bond acceptors (Lipinski definition) is 4. The van der Waals surface area contributed by atoms with Crippen LogP contribution < -0.4 is 0 Å². The normalized spacial score (nSPS) is 25.6. The summed E-state index contributed by atoms with van der Waals surface area (Å²) < 4.78 is 5.51. The summed E-state index contributed by atoms with van der Waals surface area (Å²) >= 11 is 0. The van der Waals surface area contributed by atoms with Crippen molar-refractivity contribution >= 4 is 6.09 Å². The molecule has 21 heavy (non-hydrogen) atoms. The van der Waals surface area contributed by atoms with Crippen LogP contribution in [0.1, 0.15) is 41.5 Å². The minimum atomic E-state index is -0.418. The monoisotopic (exact) mass is 297 g/mol. The van der Waals surface area contributed by atoms with E-state index in [9.17, 15) is 4.79 Å². The molecule has 0 spiro atoms. The van der Waals surface area contributed by atoms with Gasteiger partial charge in [-0.25, -0.2) is 4.79 Å². The molecular formula is C16H31N3O2. The van der Waals surface area contributed by atoms with E-state index in [1.54, 1.807) is 0 Å². The standard InChI is InChI=1S/C16H31N3O2/c1-15(2,3)19-10-9-17-7-8-18(11-13(17)12-19)14(20)21-16(4,5)6/h13H,7-12H2,1-6H3. The van der Waals surface area contributed by atoms with Crippen LogP contribution in [0.15, 0.2) is 0 Å². The SMILES string of the molecule is CC(C)(C)OC(=O)N1CCN2CCN(C(C)(C)C)CC2C1. The van der Waals surface area contributed by atoms with Gasteiger partial charge in [0.2, 0.25) is 0 Å². The van der Waals surface area contributed by atoms with Gasteiger partial charge in [-0.3, -0.25) is 9.80 Å². The van der Waals surface area contributed by atoms with E-state index in [4.69, 9.17) is 4.74 Å². The van der Waals surface area contributed by atoms with E-state index in [1.807, 2.05) is 25.7 Å². The van der Waals surface area contributed by atoms with Crippen molar-refractivity contribution in [2.45, 2.75) is 58.7 Å². The predicted octanol–water partition coefficient (Wildman–Crippen LogP) is 2.02. The highest BCUT2D eigenvalue weighted by Gasteiger charge is 2.37. The molecule has 0 N–H and O–H groups in total. The lowest BCUT2D eigenvalue weighted by Crippen LogP contribution is -2.65. The number of fused-ring (bicyclic) bond motifs is 1. The molecule has 0 radical (unpaired) electrons. The second-order valence-corrected chi connectivity index (χ2v) is 8.23. The summed E-state index contributed by atoms with van der Waals surface area (Å²) in [6, 6.07) is 0.430. The predicted molar refractivity (Wildman–Crippen MR) is 84.5 cm³/mol. The Hall–Kier alpha value is -0.810. The summed E-state index contributed by atoms with van der Waals surface area (Å²) in [5.74, 6) is 0. The summed E-state index contributed by atoms with van der Waals surface area (Å²) in [5.41, 5.74) is -0.224. The fourth-order valence-electron chi connectivity index (χ4n) is 3.06. The highest BCUT2D eigenvalue weighted by atomic mass is 16.6. The Kier molecular flexibility index (Phi) is 4.54. The fourth-order valence-corrected chi connectivity index (χ4v) is 3.06. The Morgan fingerprint density at radius 3 is 2.14 bits per heavy atom. The molecule has 0 aliphatic carbocycles. The van der Waals surface area contributed by atoms with E-state index in [0.29, 0.717) is 6.04 Å². The average molecular weight is 297 g/mol. The third-order valence-electron chi connectivity index (χ3n) is 4.29. The number of carbonyl (C=O) groups is 1. The molecule has 122 valence electrons. The Morgan fingerprint density at radius 2 is 1.57 bits per heavy atom. The first-order chi connectivity index (χ1) is 9.56. The van der Waals surface area contributed by atoms with Crippen LogP contribution in [0.4, 0.5) is 4.79 Å². The van der Waals surface area contributed by atoms with Crippen molar-refractivity contribution in [1.82, 2.24) is 14.7 Å². The molecule has 1 unspecified atom stereocenters. The zero-order valence-corrected chi connectivity index (χ0v) is 14.5. The number of carbonyl (C=O) groups excluding carboxylic acids is 1. The molecule has 0 saturated carbocycles. The lowest BCUT2D eigenvalue weighted by atomic mass is 10.0. The van der Waals surface area contributed by atoms with Crippen LogP contribution in [0.25, 0.3) is 0 Å². The van der Waals surface area contributed by atoms with Crippen LogP contribution in [0.2, 0.25) is 0 Å². The minimum absolute atomic E-state index is 0.171. The Balaban J connectivity index is 1.95. The quantitative estimate of drug-likeness (QED) is 0.685. The molecule has 0 aromatic heterocycles. The molecule has 0 aromatic rings. The Labute approximate surface area is 129 Å². The number of rotatable bonds is 0. The molecule has 5 heteroatoms. The molecule has 2 aliphatic rings. The van der Waals surface area contributed by atoms with Gasteiger partial charge in [0.05, 0.1) is 0 Å². The van der Waals surface area contributed by atoms with Crippen LogP contribution in [-0.2, 0) is 4.74 Å². The molecule has 2 fully saturated rings. The maximum absolute atomic E-state index is 12.2. The minimum Gasteiger partial charge on any atom is -0.444 e. The molecule has 1 amide bonds. The summed E-state index contributed by atoms with van der Waals surface area (Å²) in [6.45, 7) is 18.3. The van der Waals surface area contributed by atoms with Gasteiger partial charge in [-0.15, -0.1) is 0 Å². The van der Waals surface area contributed by atoms with Crippen molar-refractivity contribution in [3.8, 4) is 0 Å². The second-order valence-electron chi connectivity index (χ2n) is 8.23. The summed E-state index contributed by atoms with van der Waals surface area (Å²) in [4.78, 5) is 19.1. The number of piperazine rings is 2. The highest BCUT2D eigenvalue weighted by molar-refractivity contribution is 5.68. The van der Waals surface area contributed by atoms with Gasteiger partial charge in [-0.05, 0) is 41.5 Å². The fraction of sp³-hybridized carbons (Fsp3) is 0.938. The maximum Gasteiger partial charge on any atom is 0.410 e. The van der Waals surface area contributed by atoms with Gasteiger partial charge < -0.3 is 9.64 Å². The van der Waals surface area contributed by atoms with Crippen LogP contribution >= 0.6 is 0 Å². The van der Waals surface area contributed by atoms with E-state index >= 15 is 0 Å². The van der Waals surface area contributed by atoms with Gasteiger partial charge in [-0.2, -0.15) is 0 Å². The smallest absolute Gasteiger partial charge is 0.410 e. The van der Waals surface area contributed by atoms with Gasteiger partial charge in [-0.1, -0.05) is 0 Å². The number of nitrogens with zero attached hydrogens (tertiary/aromatic N) is 3. The summed E-state index contributed by atoms with van der Waals surface area (Å²) in [7, 11) is 0. The third kappa shape index (κ3) is 4.33. The van der Waals surface area contributed by atoms with E-state index in [-0.39, 0.29) is 11.6 Å². The molecule has 2 heterocycles. The van der Waals surface area contributed by atoms with Crippen LogP contribution in [0, 0.1) is 0 Å². The van der Waals surface area contributed by atoms with Gasteiger partial charge in [0.1, 0.15) is 5.60 Å². The maximum atomic E-state index is 12.2. The van der Waals surface area contributed by atoms with Crippen molar-refractivity contribution in [3.05, 3.63) is 0 Å². The van der Waals surface area contributed by atoms with Crippen molar-refractivity contribution < 1.29 is 9.53 Å². The van der Waals surface area contributed by atoms with Crippen LogP contribution in [-0.4, -0.2) is 77.2 Å². The second kappa shape index (κ2) is 5.76. The zero-order valence-electron chi connectivity index (χ0n) is 14.5. The Bertz CT molecular complexity index is 384. The molecule has 2 saturated heterocycles. The molecule has 0 bridgehead atoms. The first-order valence-electron chi connectivity index (χ1n) is 8.03. The largest absolute Gasteiger partial charge is 0.444 e. The lowest BCUT2D eigenvalue weighted by molar-refractivity contribution is -0.0306. The molecule has 2 rings (SSSR count). The Morgan fingerprint density at radius 1 is 0.952 bits per heavy atom. The summed E-state index contributed by atoms with van der Waals surface area (Å²) in [6.07, 6.45) is -0.171. The number of ether oxygens (including phenoxy) is 1. The lowest BCUT2D eigenvalue weighted by Gasteiger charge is -2.50. The number of hydrogen-bond donors (Lipinski definition) is 0. The summed E-state index contributed by atoms with van der Waals surface area (Å²) in [5, 5.41) is 0. The van der Waals surface area contributed by atoms with Crippen molar-refractivity contribution in [3.63, 3.8) is 0 Å². The molecule has 1 atom stereocenters. The van der Waals surface area contributed by atoms with Crippen LogP contribution in [0.5, 0.6) is 0 Å². The molecule has 2 aliphatic heterocycles. The highest BCUT2D eigenvalue weighted by Crippen LogP contribution is 2.22. The molecular weight excluding hydrogens is 266 g/mol. The van der Waals surface area contributed by atoms with Crippen molar-refractivity contribution in [2.75, 3.05) is 39.3 Å². The number of amides is 1. The average Bonchev–Trinajstić information content (AvgIpc) is 2.34. The van der Waals surface area contributed by atoms with Crippen LogP contribution in [0.3, 0.4) is 0 Å². The zero-order chi connectivity index (χ0) is 15.8. The third-order valence-corrected chi connectivity index (χ3v) is 4.29. The van der Waals surface area contributed by atoms with E-state index in [2.05, 4.69) is 30.6 Å².